The fourth-order valence-electron chi connectivity index (χ4n) is 4.20. The molecular formula is C28H28N2O6. The van der Waals surface area contributed by atoms with Gasteiger partial charge in [0, 0.05) is 5.69 Å². The van der Waals surface area contributed by atoms with Gasteiger partial charge >= 0.3 is 5.97 Å². The van der Waals surface area contributed by atoms with Crippen molar-refractivity contribution in [2.24, 2.45) is 0 Å². The summed E-state index contributed by atoms with van der Waals surface area (Å²) in [6, 6.07) is 13.4. The second kappa shape index (κ2) is 10.2. The number of fused-ring (bicyclic) bond motifs is 1. The highest BCUT2D eigenvalue weighted by molar-refractivity contribution is 6.21. The van der Waals surface area contributed by atoms with Crippen LogP contribution in [0, 0.1) is 0 Å². The average molecular weight is 489 g/mol. The highest BCUT2D eigenvalue weighted by atomic mass is 16.5. The SMILES string of the molecule is CC(C)c1cccc(C(C)C)c1NC(=O)COC(=O)c1ccc2c(c1)C(=O)N(Cc1ccco1)C2=O. The minimum atomic E-state index is -0.765. The molecule has 1 aliphatic rings. The van der Waals surface area contributed by atoms with Gasteiger partial charge in [0.25, 0.3) is 17.7 Å². The van der Waals surface area contributed by atoms with Crippen molar-refractivity contribution in [2.45, 2.75) is 46.1 Å². The summed E-state index contributed by atoms with van der Waals surface area (Å²) in [5.74, 6) is -1.36. The fraction of sp³-hybridized carbons (Fsp3) is 0.286. The van der Waals surface area contributed by atoms with Crippen molar-refractivity contribution in [3.8, 4) is 0 Å². The van der Waals surface area contributed by atoms with Gasteiger partial charge in [0.05, 0.1) is 29.5 Å². The van der Waals surface area contributed by atoms with Crippen molar-refractivity contribution < 1.29 is 28.3 Å². The van der Waals surface area contributed by atoms with Crippen molar-refractivity contribution in [3.05, 3.63) is 88.4 Å². The molecule has 8 heteroatoms. The molecule has 1 N–H and O–H groups in total. The molecule has 0 spiro atoms. The van der Waals surface area contributed by atoms with Crippen molar-refractivity contribution in [2.75, 3.05) is 11.9 Å². The molecule has 2 heterocycles. The molecule has 4 rings (SSSR count). The molecular weight excluding hydrogens is 460 g/mol. The number of benzene rings is 2. The Morgan fingerprint density at radius 1 is 0.917 bits per heavy atom. The maximum absolute atomic E-state index is 12.8. The Kier molecular flexibility index (Phi) is 7.05. The zero-order valence-corrected chi connectivity index (χ0v) is 20.7. The number of nitrogens with one attached hydrogen (secondary N) is 1. The lowest BCUT2D eigenvalue weighted by Gasteiger charge is -2.20. The minimum absolute atomic E-state index is 0.00445. The molecule has 0 unspecified atom stereocenters. The number of hydrogen-bond acceptors (Lipinski definition) is 6. The highest BCUT2D eigenvalue weighted by Gasteiger charge is 2.36. The summed E-state index contributed by atoms with van der Waals surface area (Å²) >= 11 is 0. The number of para-hydroxylation sites is 1. The predicted octanol–water partition coefficient (Wildman–Crippen LogP) is 5.12. The molecule has 186 valence electrons. The normalized spacial score (nSPS) is 12.9. The second-order valence-corrected chi connectivity index (χ2v) is 9.28. The monoisotopic (exact) mass is 488 g/mol. The number of esters is 1. The Bertz CT molecular complexity index is 1300. The first-order chi connectivity index (χ1) is 17.2. The highest BCUT2D eigenvalue weighted by Crippen LogP contribution is 2.32. The van der Waals surface area contributed by atoms with E-state index in [1.54, 1.807) is 12.1 Å². The van der Waals surface area contributed by atoms with Crippen LogP contribution in [0.2, 0.25) is 0 Å². The zero-order chi connectivity index (χ0) is 26.0. The van der Waals surface area contributed by atoms with Crippen molar-refractivity contribution in [1.29, 1.82) is 0 Å². The Morgan fingerprint density at radius 2 is 1.58 bits per heavy atom. The molecule has 0 radical (unpaired) electrons. The first-order valence-corrected chi connectivity index (χ1v) is 11.8. The molecule has 0 aliphatic carbocycles. The van der Waals surface area contributed by atoms with E-state index in [1.165, 1.54) is 24.5 Å². The van der Waals surface area contributed by atoms with Crippen LogP contribution in [0.15, 0.2) is 59.2 Å². The van der Waals surface area contributed by atoms with E-state index in [0.29, 0.717) is 5.76 Å². The van der Waals surface area contributed by atoms with Crippen molar-refractivity contribution in [3.63, 3.8) is 0 Å². The Morgan fingerprint density at radius 3 is 2.19 bits per heavy atom. The Balaban J connectivity index is 1.44. The molecule has 2 aromatic carbocycles. The number of carbonyl (C=O) groups is 4. The summed E-state index contributed by atoms with van der Waals surface area (Å²) in [5, 5.41) is 2.90. The summed E-state index contributed by atoms with van der Waals surface area (Å²) in [5.41, 5.74) is 3.13. The third-order valence-corrected chi connectivity index (χ3v) is 6.07. The second-order valence-electron chi connectivity index (χ2n) is 9.28. The fourth-order valence-corrected chi connectivity index (χ4v) is 4.20. The van der Waals surface area contributed by atoms with E-state index in [-0.39, 0.29) is 35.1 Å². The number of anilines is 1. The van der Waals surface area contributed by atoms with Crippen LogP contribution in [0.25, 0.3) is 0 Å². The number of furan rings is 1. The van der Waals surface area contributed by atoms with E-state index in [0.717, 1.165) is 21.7 Å². The van der Waals surface area contributed by atoms with Gasteiger partial charge in [-0.2, -0.15) is 0 Å². The van der Waals surface area contributed by atoms with Gasteiger partial charge < -0.3 is 14.5 Å². The molecule has 0 fully saturated rings. The van der Waals surface area contributed by atoms with Crippen LogP contribution in [-0.4, -0.2) is 35.2 Å². The number of carbonyl (C=O) groups excluding carboxylic acids is 4. The Hall–Kier alpha value is -4.20. The molecule has 0 bridgehead atoms. The average Bonchev–Trinajstić information content (AvgIpc) is 3.45. The van der Waals surface area contributed by atoms with Gasteiger partial charge in [-0.1, -0.05) is 45.9 Å². The lowest BCUT2D eigenvalue weighted by atomic mass is 9.92. The first kappa shape index (κ1) is 24.9. The quantitative estimate of drug-likeness (QED) is 0.349. The predicted molar refractivity (Wildman–Crippen MR) is 133 cm³/mol. The number of amides is 3. The summed E-state index contributed by atoms with van der Waals surface area (Å²) < 4.78 is 10.5. The molecule has 0 atom stereocenters. The van der Waals surface area contributed by atoms with Gasteiger partial charge in [-0.25, -0.2) is 4.79 Å². The van der Waals surface area contributed by atoms with E-state index < -0.39 is 30.3 Å². The molecule has 8 nitrogen and oxygen atoms in total. The van der Waals surface area contributed by atoms with E-state index >= 15 is 0 Å². The number of hydrogen-bond donors (Lipinski definition) is 1. The van der Waals surface area contributed by atoms with Gasteiger partial charge in [0.15, 0.2) is 6.61 Å². The van der Waals surface area contributed by atoms with Gasteiger partial charge in [-0.05, 0) is 53.3 Å². The van der Waals surface area contributed by atoms with Crippen LogP contribution in [0.1, 0.15) is 87.5 Å². The summed E-state index contributed by atoms with van der Waals surface area (Å²) in [7, 11) is 0. The Labute approximate surface area is 209 Å². The van der Waals surface area contributed by atoms with Crippen LogP contribution >= 0.6 is 0 Å². The van der Waals surface area contributed by atoms with E-state index in [9.17, 15) is 19.2 Å². The van der Waals surface area contributed by atoms with Crippen molar-refractivity contribution in [1.82, 2.24) is 4.90 Å². The summed E-state index contributed by atoms with van der Waals surface area (Å²) in [6.07, 6.45) is 1.46. The maximum atomic E-state index is 12.8. The third kappa shape index (κ3) is 4.93. The van der Waals surface area contributed by atoms with Gasteiger partial charge in [0.2, 0.25) is 0 Å². The standard InChI is InChI=1S/C28H28N2O6/c1-16(2)20-8-5-9-21(17(3)4)25(20)29-24(31)15-36-28(34)18-10-11-22-23(13-18)27(33)30(26(22)32)14-19-7-6-12-35-19/h5-13,16-17H,14-15H2,1-4H3,(H,29,31). The first-order valence-electron chi connectivity index (χ1n) is 11.8. The van der Waals surface area contributed by atoms with E-state index in [4.69, 9.17) is 9.15 Å². The largest absolute Gasteiger partial charge is 0.467 e. The van der Waals surface area contributed by atoms with Gasteiger partial charge in [-0.3, -0.25) is 19.3 Å². The topological polar surface area (TPSA) is 106 Å². The molecule has 36 heavy (non-hydrogen) atoms. The summed E-state index contributed by atoms with van der Waals surface area (Å²) in [6.45, 7) is 7.69. The minimum Gasteiger partial charge on any atom is -0.467 e. The lowest BCUT2D eigenvalue weighted by Crippen LogP contribution is -2.28. The van der Waals surface area contributed by atoms with Crippen LogP contribution in [0.5, 0.6) is 0 Å². The number of imide groups is 1. The molecule has 0 saturated carbocycles. The van der Waals surface area contributed by atoms with Gasteiger partial charge in [-0.15, -0.1) is 0 Å². The lowest BCUT2D eigenvalue weighted by molar-refractivity contribution is -0.119. The summed E-state index contributed by atoms with van der Waals surface area (Å²) in [4.78, 5) is 51.8. The van der Waals surface area contributed by atoms with Crippen LogP contribution in [0.3, 0.4) is 0 Å². The number of rotatable bonds is 8. The molecule has 0 saturated heterocycles. The van der Waals surface area contributed by atoms with Crippen LogP contribution in [0.4, 0.5) is 5.69 Å². The van der Waals surface area contributed by atoms with Crippen molar-refractivity contribution >= 4 is 29.4 Å². The van der Waals surface area contributed by atoms with Crippen LogP contribution < -0.4 is 5.32 Å². The van der Waals surface area contributed by atoms with Gasteiger partial charge in [0.1, 0.15) is 5.76 Å². The molecule has 3 amide bonds. The van der Waals surface area contributed by atoms with E-state index in [1.807, 2.05) is 45.9 Å². The number of nitrogens with zero attached hydrogens (tertiary/aromatic N) is 1. The molecule has 3 aromatic rings. The maximum Gasteiger partial charge on any atom is 0.338 e. The third-order valence-electron chi connectivity index (χ3n) is 6.07. The number of ether oxygens (including phenoxy) is 1. The smallest absolute Gasteiger partial charge is 0.338 e. The van der Waals surface area contributed by atoms with Crippen LogP contribution in [-0.2, 0) is 16.1 Å². The molecule has 1 aromatic heterocycles. The molecule has 1 aliphatic heterocycles. The zero-order valence-electron chi connectivity index (χ0n) is 20.7. The van der Waals surface area contributed by atoms with E-state index in [2.05, 4.69) is 5.32 Å².